The Hall–Kier alpha value is -3.60. The average molecular weight is 566 g/mol. The molecule has 2 aliphatic heterocycles. The second-order valence-electron chi connectivity index (χ2n) is 9.08. The van der Waals surface area contributed by atoms with Gasteiger partial charge in [-0.15, -0.1) is 0 Å². The van der Waals surface area contributed by atoms with Gasteiger partial charge in [-0.05, 0) is 55.5 Å². The Bertz CT molecular complexity index is 1610. The first-order valence-corrected chi connectivity index (χ1v) is 13.8. The number of imide groups is 1. The third-order valence-electron chi connectivity index (χ3n) is 6.62. The Balaban J connectivity index is 1.38. The van der Waals surface area contributed by atoms with E-state index in [1.165, 1.54) is 15.7 Å². The van der Waals surface area contributed by atoms with Crippen molar-refractivity contribution in [2.45, 2.75) is 29.7 Å². The van der Waals surface area contributed by atoms with Crippen molar-refractivity contribution in [1.29, 1.82) is 0 Å². The van der Waals surface area contributed by atoms with E-state index in [9.17, 15) is 19.2 Å². The molecule has 0 saturated carbocycles. The van der Waals surface area contributed by atoms with Crippen LogP contribution in [0.3, 0.4) is 0 Å². The Kier molecular flexibility index (Phi) is 6.25. The second kappa shape index (κ2) is 9.61. The van der Waals surface area contributed by atoms with Crippen LogP contribution in [-0.4, -0.2) is 27.5 Å². The number of nitrogens with zero attached hydrogens (tertiary/aromatic N) is 2. The van der Waals surface area contributed by atoms with Gasteiger partial charge < -0.3 is 9.73 Å². The number of rotatable bonds is 5. The van der Waals surface area contributed by atoms with E-state index < -0.39 is 23.0 Å². The Morgan fingerprint density at radius 3 is 2.45 bits per heavy atom. The number of carbonyl (C=O) groups is 3. The topological polar surface area (TPSA) is 102 Å². The van der Waals surface area contributed by atoms with Crippen LogP contribution in [0.5, 0.6) is 0 Å². The van der Waals surface area contributed by atoms with Gasteiger partial charge in [0.25, 0.3) is 0 Å². The largest absolute Gasteiger partial charge is 0.469 e. The molecule has 1 saturated heterocycles. The number of amides is 3. The maximum Gasteiger partial charge on any atom is 0.308 e. The van der Waals surface area contributed by atoms with Gasteiger partial charge >= 0.3 is 4.87 Å². The second-order valence-corrected chi connectivity index (χ2v) is 11.6. The average Bonchev–Trinajstić information content (AvgIpc) is 3.59. The van der Waals surface area contributed by atoms with Crippen LogP contribution in [-0.2, 0) is 20.9 Å². The molecule has 6 rings (SSSR count). The highest BCUT2D eigenvalue weighted by molar-refractivity contribution is 8.00. The Morgan fingerprint density at radius 1 is 1.03 bits per heavy atom. The third-order valence-corrected chi connectivity index (χ3v) is 9.48. The molecular weight excluding hydrogens is 546 g/mol. The summed E-state index contributed by atoms with van der Waals surface area (Å²) in [5.41, 5.74) is 2.06. The summed E-state index contributed by atoms with van der Waals surface area (Å²) in [5, 5.41) is 3.03. The molecule has 38 heavy (non-hydrogen) atoms. The predicted octanol–water partition coefficient (Wildman–Crippen LogP) is 4.90. The first-order valence-electron chi connectivity index (χ1n) is 11.8. The molecule has 0 radical (unpaired) electrons. The number of benzene rings is 2. The molecular formula is C27H20ClN3O5S2. The van der Waals surface area contributed by atoms with Gasteiger partial charge in [0.2, 0.25) is 17.7 Å². The molecule has 4 heterocycles. The Morgan fingerprint density at radius 2 is 1.76 bits per heavy atom. The van der Waals surface area contributed by atoms with Gasteiger partial charge in [-0.1, -0.05) is 52.4 Å². The molecule has 192 valence electrons. The van der Waals surface area contributed by atoms with Gasteiger partial charge in [0.1, 0.15) is 17.6 Å². The maximum absolute atomic E-state index is 13.7. The molecule has 3 atom stereocenters. The van der Waals surface area contributed by atoms with Crippen molar-refractivity contribution in [3.8, 4) is 0 Å². The van der Waals surface area contributed by atoms with E-state index in [2.05, 4.69) is 5.32 Å². The van der Waals surface area contributed by atoms with Crippen molar-refractivity contribution < 1.29 is 18.8 Å². The van der Waals surface area contributed by atoms with Crippen molar-refractivity contribution in [2.75, 3.05) is 10.2 Å². The van der Waals surface area contributed by atoms with Gasteiger partial charge in [0.15, 0.2) is 0 Å². The van der Waals surface area contributed by atoms with Gasteiger partial charge in [-0.3, -0.25) is 23.7 Å². The minimum atomic E-state index is -0.772. The van der Waals surface area contributed by atoms with E-state index in [0.29, 0.717) is 32.1 Å². The highest BCUT2D eigenvalue weighted by Gasteiger charge is 2.57. The lowest BCUT2D eigenvalue weighted by atomic mass is 9.87. The normalized spacial score (nSPS) is 20.4. The van der Waals surface area contributed by atoms with Crippen LogP contribution < -0.4 is 15.1 Å². The van der Waals surface area contributed by atoms with Gasteiger partial charge in [0, 0.05) is 10.7 Å². The summed E-state index contributed by atoms with van der Waals surface area (Å²) in [4.78, 5) is 54.9. The zero-order valence-corrected chi connectivity index (χ0v) is 22.3. The molecule has 3 amide bonds. The van der Waals surface area contributed by atoms with Gasteiger partial charge in [-0.25, -0.2) is 4.90 Å². The molecule has 8 nitrogen and oxygen atoms in total. The summed E-state index contributed by atoms with van der Waals surface area (Å²) in [5.74, 6) is -1.98. The molecule has 0 bridgehead atoms. The van der Waals surface area contributed by atoms with Gasteiger partial charge in [-0.2, -0.15) is 0 Å². The molecule has 11 heteroatoms. The highest BCUT2D eigenvalue weighted by atomic mass is 35.5. The Labute approximate surface area is 230 Å². The number of anilines is 2. The number of aryl methyl sites for hydroxylation is 1. The number of hydrogen-bond donors (Lipinski definition) is 1. The summed E-state index contributed by atoms with van der Waals surface area (Å²) in [6, 6.07) is 17.3. The van der Waals surface area contributed by atoms with Crippen LogP contribution in [0.1, 0.15) is 22.1 Å². The summed E-state index contributed by atoms with van der Waals surface area (Å²) >= 11 is 8.05. The fourth-order valence-electron chi connectivity index (χ4n) is 4.86. The quantitative estimate of drug-likeness (QED) is 0.345. The summed E-state index contributed by atoms with van der Waals surface area (Å²) in [7, 11) is 0. The number of hydrogen-bond acceptors (Lipinski definition) is 7. The smallest absolute Gasteiger partial charge is 0.308 e. The number of carbonyl (C=O) groups excluding carboxylic acids is 3. The van der Waals surface area contributed by atoms with Crippen molar-refractivity contribution in [3.05, 3.63) is 97.8 Å². The van der Waals surface area contributed by atoms with E-state index in [4.69, 9.17) is 16.0 Å². The number of fused-ring (bicyclic) bond motifs is 2. The number of nitrogens with one attached hydrogen (secondary N) is 1. The van der Waals surface area contributed by atoms with E-state index in [1.54, 1.807) is 48.5 Å². The number of furan rings is 1. The molecule has 3 unspecified atom stereocenters. The van der Waals surface area contributed by atoms with E-state index >= 15 is 0 Å². The molecule has 4 aromatic rings. The first kappa shape index (κ1) is 24.7. The van der Waals surface area contributed by atoms with Crippen molar-refractivity contribution in [1.82, 2.24) is 4.57 Å². The van der Waals surface area contributed by atoms with E-state index in [-0.39, 0.29) is 23.2 Å². The fraction of sp³-hybridized carbons (Fsp3) is 0.185. The minimum absolute atomic E-state index is 0.244. The number of thioether (sulfide) groups is 1. The lowest BCUT2D eigenvalue weighted by Crippen LogP contribution is -2.32. The molecule has 1 fully saturated rings. The lowest BCUT2D eigenvalue weighted by Gasteiger charge is -2.29. The fourth-order valence-corrected chi connectivity index (χ4v) is 7.74. The first-order chi connectivity index (χ1) is 18.3. The highest BCUT2D eigenvalue weighted by Crippen LogP contribution is 2.53. The number of thiazole rings is 1. The maximum atomic E-state index is 13.7. The molecule has 2 aliphatic rings. The zero-order chi connectivity index (χ0) is 26.6. The molecule has 0 aliphatic carbocycles. The summed E-state index contributed by atoms with van der Waals surface area (Å²) in [6.45, 7) is 1.69. The SMILES string of the molecule is Cc1ccc(N2C(=O)C3Sc4c(sc(=O)n4CC(=O)Nc4ccc(Cl)cc4)C(c4ccco4)C3C2=O)cc1. The molecule has 0 spiro atoms. The summed E-state index contributed by atoms with van der Waals surface area (Å²) < 4.78 is 7.08. The summed E-state index contributed by atoms with van der Waals surface area (Å²) in [6.07, 6.45) is 1.50. The third kappa shape index (κ3) is 4.18. The van der Waals surface area contributed by atoms with Crippen LogP contribution in [0, 0.1) is 12.8 Å². The predicted molar refractivity (Wildman–Crippen MR) is 146 cm³/mol. The van der Waals surface area contributed by atoms with Crippen LogP contribution >= 0.6 is 34.7 Å². The molecule has 1 N–H and O–H groups in total. The van der Waals surface area contributed by atoms with Crippen LogP contribution in [0.4, 0.5) is 11.4 Å². The van der Waals surface area contributed by atoms with Crippen LogP contribution in [0.25, 0.3) is 0 Å². The minimum Gasteiger partial charge on any atom is -0.469 e. The lowest BCUT2D eigenvalue weighted by molar-refractivity contribution is -0.122. The van der Waals surface area contributed by atoms with E-state index in [0.717, 1.165) is 28.7 Å². The van der Waals surface area contributed by atoms with E-state index in [1.807, 2.05) is 19.1 Å². The molecule has 2 aromatic carbocycles. The van der Waals surface area contributed by atoms with Gasteiger partial charge in [0.05, 0.1) is 33.7 Å². The zero-order valence-electron chi connectivity index (χ0n) is 19.9. The van der Waals surface area contributed by atoms with Crippen molar-refractivity contribution >= 4 is 63.8 Å². The standard InChI is InChI=1S/C27H20ClN3O5S2/c1-14-4-10-17(11-5-14)31-24(33)21-20(18-3-2-12-36-18)23-26(37-22(21)25(31)34)30(27(35)38-23)13-19(32)29-16-8-6-15(28)7-9-16/h2-12,20-22H,13H2,1H3,(H,29,32). The van der Waals surface area contributed by atoms with Crippen molar-refractivity contribution in [3.63, 3.8) is 0 Å². The molecule has 2 aromatic heterocycles. The van der Waals surface area contributed by atoms with Crippen molar-refractivity contribution in [2.24, 2.45) is 5.92 Å². The monoisotopic (exact) mass is 565 g/mol. The number of aromatic nitrogens is 1. The van der Waals surface area contributed by atoms with Crippen LogP contribution in [0.15, 0.2) is 81.2 Å². The number of halogens is 1. The van der Waals surface area contributed by atoms with Crippen LogP contribution in [0.2, 0.25) is 5.02 Å².